The van der Waals surface area contributed by atoms with E-state index in [1.165, 1.54) is 17.5 Å². The number of hydrogen-bond donors (Lipinski definition) is 1. The topological polar surface area (TPSA) is 37.4 Å². The Morgan fingerprint density at radius 3 is 2.95 bits per heavy atom. The number of nitrogens with zero attached hydrogens (tertiary/aromatic N) is 2. The van der Waals surface area contributed by atoms with E-state index in [-0.39, 0.29) is 0 Å². The summed E-state index contributed by atoms with van der Waals surface area (Å²) < 4.78 is 5.43. The van der Waals surface area contributed by atoms with Crippen LogP contribution in [0.2, 0.25) is 0 Å². The maximum atomic E-state index is 5.43. The van der Waals surface area contributed by atoms with E-state index in [9.17, 15) is 0 Å². The number of pyridine rings is 1. The lowest BCUT2D eigenvalue weighted by atomic mass is 10.1. The molecule has 1 fully saturated rings. The van der Waals surface area contributed by atoms with Gasteiger partial charge in [0.25, 0.3) is 0 Å². The molecule has 20 heavy (non-hydrogen) atoms. The van der Waals surface area contributed by atoms with E-state index in [1.807, 2.05) is 6.92 Å². The highest BCUT2D eigenvalue weighted by Crippen LogP contribution is 2.32. The number of fused-ring (bicyclic) bond motifs is 1. The zero-order chi connectivity index (χ0) is 13.9. The number of methoxy groups -OCH3 is 1. The highest BCUT2D eigenvalue weighted by molar-refractivity contribution is 5.97. The summed E-state index contributed by atoms with van der Waals surface area (Å²) in [6, 6.07) is 8.54. The monoisotopic (exact) mass is 271 g/mol. The molecule has 4 heteroatoms. The summed E-state index contributed by atoms with van der Waals surface area (Å²) in [6.45, 7) is 6.30. The second kappa shape index (κ2) is 5.67. The van der Waals surface area contributed by atoms with Gasteiger partial charge < -0.3 is 15.0 Å². The molecule has 1 aliphatic rings. The number of ether oxygens (including phenoxy) is 1. The van der Waals surface area contributed by atoms with Gasteiger partial charge in [0.15, 0.2) is 0 Å². The molecule has 106 valence electrons. The zero-order valence-corrected chi connectivity index (χ0v) is 12.1. The van der Waals surface area contributed by atoms with Crippen LogP contribution in [0.3, 0.4) is 0 Å². The van der Waals surface area contributed by atoms with Gasteiger partial charge in [-0.15, -0.1) is 0 Å². The molecule has 1 aromatic heterocycles. The molecule has 2 aromatic rings. The first-order valence-corrected chi connectivity index (χ1v) is 7.19. The SMILES string of the molecule is COc1nc(C)cc2c(N3CCCNCC3)cccc12. The van der Waals surface area contributed by atoms with Crippen LogP contribution in [0.15, 0.2) is 24.3 Å². The van der Waals surface area contributed by atoms with Crippen LogP contribution in [0.1, 0.15) is 12.1 Å². The molecule has 0 unspecified atom stereocenters. The van der Waals surface area contributed by atoms with Gasteiger partial charge in [0.1, 0.15) is 0 Å². The Morgan fingerprint density at radius 1 is 1.20 bits per heavy atom. The number of rotatable bonds is 2. The van der Waals surface area contributed by atoms with Crippen LogP contribution in [0.4, 0.5) is 5.69 Å². The summed E-state index contributed by atoms with van der Waals surface area (Å²) in [7, 11) is 1.68. The van der Waals surface area contributed by atoms with Crippen molar-refractivity contribution in [3.63, 3.8) is 0 Å². The van der Waals surface area contributed by atoms with Crippen LogP contribution in [0.25, 0.3) is 10.8 Å². The first-order chi connectivity index (χ1) is 9.79. The van der Waals surface area contributed by atoms with Gasteiger partial charge in [-0.1, -0.05) is 6.07 Å². The summed E-state index contributed by atoms with van der Waals surface area (Å²) in [5.74, 6) is 0.717. The molecule has 1 aromatic carbocycles. The van der Waals surface area contributed by atoms with E-state index < -0.39 is 0 Å². The molecule has 1 N–H and O–H groups in total. The summed E-state index contributed by atoms with van der Waals surface area (Å²) in [5.41, 5.74) is 2.28. The molecule has 0 atom stereocenters. The van der Waals surface area contributed by atoms with Crippen molar-refractivity contribution in [2.24, 2.45) is 0 Å². The summed E-state index contributed by atoms with van der Waals surface area (Å²) in [5, 5.41) is 5.78. The average Bonchev–Trinajstić information content (AvgIpc) is 2.74. The standard InChI is InChI=1S/C16H21N3O/c1-12-11-14-13(16(18-12)20-2)5-3-6-15(14)19-9-4-7-17-8-10-19/h3,5-6,11,17H,4,7-10H2,1-2H3. The lowest BCUT2D eigenvalue weighted by Crippen LogP contribution is -2.27. The summed E-state index contributed by atoms with van der Waals surface area (Å²) in [6.07, 6.45) is 1.18. The van der Waals surface area contributed by atoms with Gasteiger partial charge in [0.2, 0.25) is 5.88 Å². The Hall–Kier alpha value is -1.81. The smallest absolute Gasteiger partial charge is 0.221 e. The van der Waals surface area contributed by atoms with Crippen molar-refractivity contribution >= 4 is 16.5 Å². The maximum absolute atomic E-state index is 5.43. The lowest BCUT2D eigenvalue weighted by Gasteiger charge is -2.24. The summed E-state index contributed by atoms with van der Waals surface area (Å²) in [4.78, 5) is 6.93. The van der Waals surface area contributed by atoms with Crippen molar-refractivity contribution in [3.8, 4) is 5.88 Å². The molecule has 2 heterocycles. The van der Waals surface area contributed by atoms with E-state index in [4.69, 9.17) is 4.74 Å². The van der Waals surface area contributed by atoms with E-state index >= 15 is 0 Å². The third-order valence-corrected chi connectivity index (χ3v) is 3.82. The Morgan fingerprint density at radius 2 is 2.10 bits per heavy atom. The van der Waals surface area contributed by atoms with Crippen LogP contribution >= 0.6 is 0 Å². The third kappa shape index (κ3) is 2.43. The van der Waals surface area contributed by atoms with Gasteiger partial charge >= 0.3 is 0 Å². The van der Waals surface area contributed by atoms with E-state index in [0.29, 0.717) is 0 Å². The molecule has 0 aliphatic carbocycles. The number of anilines is 1. The van der Waals surface area contributed by atoms with Gasteiger partial charge in [0.05, 0.1) is 7.11 Å². The molecule has 0 radical (unpaired) electrons. The molecule has 3 rings (SSSR count). The van der Waals surface area contributed by atoms with Crippen molar-refractivity contribution in [1.29, 1.82) is 0 Å². The third-order valence-electron chi connectivity index (χ3n) is 3.82. The van der Waals surface area contributed by atoms with E-state index in [2.05, 4.69) is 39.5 Å². The number of aromatic nitrogens is 1. The second-order valence-electron chi connectivity index (χ2n) is 5.24. The van der Waals surface area contributed by atoms with Crippen molar-refractivity contribution in [2.75, 3.05) is 38.2 Å². The lowest BCUT2D eigenvalue weighted by molar-refractivity contribution is 0.402. The molecular weight excluding hydrogens is 250 g/mol. The highest BCUT2D eigenvalue weighted by Gasteiger charge is 2.14. The molecule has 0 spiro atoms. The fourth-order valence-electron chi connectivity index (χ4n) is 2.87. The van der Waals surface area contributed by atoms with Gasteiger partial charge in [-0.2, -0.15) is 0 Å². The normalized spacial score (nSPS) is 16.2. The Labute approximate surface area is 119 Å². The number of nitrogens with one attached hydrogen (secondary N) is 1. The molecule has 0 amide bonds. The first-order valence-electron chi connectivity index (χ1n) is 7.19. The highest BCUT2D eigenvalue weighted by atomic mass is 16.5. The molecule has 1 aliphatic heterocycles. The Kier molecular flexibility index (Phi) is 3.74. The van der Waals surface area contributed by atoms with Gasteiger partial charge in [-0.3, -0.25) is 0 Å². The van der Waals surface area contributed by atoms with Crippen LogP contribution in [-0.4, -0.2) is 38.3 Å². The molecule has 0 saturated carbocycles. The van der Waals surface area contributed by atoms with Gasteiger partial charge in [-0.25, -0.2) is 4.98 Å². The fraction of sp³-hybridized carbons (Fsp3) is 0.438. The molecule has 0 bridgehead atoms. The van der Waals surface area contributed by atoms with Crippen LogP contribution in [-0.2, 0) is 0 Å². The van der Waals surface area contributed by atoms with Gasteiger partial charge in [0, 0.05) is 41.8 Å². The predicted molar refractivity (Wildman–Crippen MR) is 82.7 cm³/mol. The van der Waals surface area contributed by atoms with E-state index in [1.54, 1.807) is 7.11 Å². The van der Waals surface area contributed by atoms with Crippen LogP contribution < -0.4 is 15.0 Å². The minimum atomic E-state index is 0.717. The van der Waals surface area contributed by atoms with Crippen LogP contribution in [0, 0.1) is 6.92 Å². The Balaban J connectivity index is 2.12. The van der Waals surface area contributed by atoms with Crippen molar-refractivity contribution in [1.82, 2.24) is 10.3 Å². The minimum absolute atomic E-state index is 0.717. The van der Waals surface area contributed by atoms with Crippen molar-refractivity contribution in [3.05, 3.63) is 30.0 Å². The predicted octanol–water partition coefficient (Wildman–Crippen LogP) is 2.35. The molecule has 4 nitrogen and oxygen atoms in total. The van der Waals surface area contributed by atoms with Crippen molar-refractivity contribution in [2.45, 2.75) is 13.3 Å². The minimum Gasteiger partial charge on any atom is -0.481 e. The average molecular weight is 271 g/mol. The summed E-state index contributed by atoms with van der Waals surface area (Å²) >= 11 is 0. The quantitative estimate of drug-likeness (QED) is 0.910. The zero-order valence-electron chi connectivity index (χ0n) is 12.1. The second-order valence-corrected chi connectivity index (χ2v) is 5.24. The van der Waals surface area contributed by atoms with E-state index in [0.717, 1.165) is 43.1 Å². The number of benzene rings is 1. The van der Waals surface area contributed by atoms with Crippen molar-refractivity contribution < 1.29 is 4.74 Å². The van der Waals surface area contributed by atoms with Crippen LogP contribution in [0.5, 0.6) is 5.88 Å². The largest absolute Gasteiger partial charge is 0.481 e. The molecular formula is C16H21N3O. The fourth-order valence-corrected chi connectivity index (χ4v) is 2.87. The Bertz CT molecular complexity index is 604. The number of hydrogen-bond acceptors (Lipinski definition) is 4. The first kappa shape index (κ1) is 13.2. The van der Waals surface area contributed by atoms with Gasteiger partial charge in [-0.05, 0) is 38.1 Å². The molecule has 1 saturated heterocycles. The maximum Gasteiger partial charge on any atom is 0.221 e. The number of aryl methyl sites for hydroxylation is 1.